The largest absolute Gasteiger partial charge is 0.504 e. The van der Waals surface area contributed by atoms with E-state index in [9.17, 15) is 5.11 Å². The molecule has 2 heterocycles. The average Bonchev–Trinajstić information content (AvgIpc) is 3.01. The third-order valence-corrected chi connectivity index (χ3v) is 4.31. The fraction of sp³-hybridized carbons (Fsp3) is 0.300. The topological polar surface area (TPSA) is 63.4 Å². The first-order chi connectivity index (χ1) is 12.6. The van der Waals surface area contributed by atoms with E-state index >= 15 is 0 Å². The molecular formula is C20H24N4O2. The highest BCUT2D eigenvalue weighted by Crippen LogP contribution is 2.30. The summed E-state index contributed by atoms with van der Waals surface area (Å²) in [6, 6.07) is 11.6. The smallest absolute Gasteiger partial charge is 0.162 e. The zero-order chi connectivity index (χ0) is 18.5. The summed E-state index contributed by atoms with van der Waals surface area (Å²) in [6.07, 6.45) is 3.73. The van der Waals surface area contributed by atoms with Gasteiger partial charge in [0.15, 0.2) is 11.5 Å². The number of methoxy groups -OCH3 is 1. The highest BCUT2D eigenvalue weighted by atomic mass is 16.5. The van der Waals surface area contributed by atoms with Crippen LogP contribution >= 0.6 is 0 Å². The van der Waals surface area contributed by atoms with Crippen molar-refractivity contribution in [2.45, 2.75) is 26.6 Å². The highest BCUT2D eigenvalue weighted by Gasteiger charge is 2.15. The molecule has 0 bridgehead atoms. The van der Waals surface area contributed by atoms with Crippen LogP contribution in [0, 0.1) is 6.92 Å². The molecule has 6 nitrogen and oxygen atoms in total. The summed E-state index contributed by atoms with van der Waals surface area (Å²) >= 11 is 0. The molecule has 3 aromatic rings. The summed E-state index contributed by atoms with van der Waals surface area (Å²) in [5.74, 6) is 1.62. The second-order valence-electron chi connectivity index (χ2n) is 6.34. The predicted octanol–water partition coefficient (Wildman–Crippen LogP) is 3.04. The van der Waals surface area contributed by atoms with E-state index in [1.54, 1.807) is 19.4 Å². The third kappa shape index (κ3) is 4.21. The Kier molecular flexibility index (Phi) is 5.53. The normalized spacial score (nSPS) is 11.1. The Morgan fingerprint density at radius 2 is 1.92 bits per heavy atom. The van der Waals surface area contributed by atoms with E-state index in [1.807, 2.05) is 55.1 Å². The molecule has 0 atom stereocenters. The molecule has 26 heavy (non-hydrogen) atoms. The zero-order valence-corrected chi connectivity index (χ0v) is 15.4. The molecule has 136 valence electrons. The van der Waals surface area contributed by atoms with Crippen LogP contribution in [0.5, 0.6) is 11.5 Å². The second kappa shape index (κ2) is 8.01. The number of aryl methyl sites for hydroxylation is 2. The number of hydrogen-bond donors (Lipinski definition) is 1. The van der Waals surface area contributed by atoms with Crippen molar-refractivity contribution >= 4 is 0 Å². The molecule has 0 saturated heterocycles. The van der Waals surface area contributed by atoms with Crippen LogP contribution in [0.2, 0.25) is 0 Å². The molecule has 0 radical (unpaired) electrons. The highest BCUT2D eigenvalue weighted by molar-refractivity contribution is 5.45. The SMILES string of the molecule is COc1cccc(CN(Cc2cccc(C)n2)Cc2nccn2C)c1O. The van der Waals surface area contributed by atoms with E-state index in [1.165, 1.54) is 0 Å². The molecule has 0 amide bonds. The standard InChI is InChI=1S/C20H24N4O2/c1-15-6-4-8-17(22-15)13-24(14-19-21-10-11-23(19)2)12-16-7-5-9-18(26-3)20(16)25/h4-11,25H,12-14H2,1-3H3. The van der Waals surface area contributed by atoms with Gasteiger partial charge in [0.25, 0.3) is 0 Å². The molecule has 1 N–H and O–H groups in total. The maximum Gasteiger partial charge on any atom is 0.162 e. The lowest BCUT2D eigenvalue weighted by molar-refractivity contribution is 0.232. The van der Waals surface area contributed by atoms with Crippen molar-refractivity contribution < 1.29 is 9.84 Å². The van der Waals surface area contributed by atoms with Crippen LogP contribution < -0.4 is 4.74 Å². The number of imidazole rings is 1. The first kappa shape index (κ1) is 17.9. The number of pyridine rings is 1. The lowest BCUT2D eigenvalue weighted by Crippen LogP contribution is -2.24. The quantitative estimate of drug-likeness (QED) is 0.708. The van der Waals surface area contributed by atoms with E-state index < -0.39 is 0 Å². The number of aromatic hydroxyl groups is 1. The van der Waals surface area contributed by atoms with Crippen molar-refractivity contribution in [3.63, 3.8) is 0 Å². The van der Waals surface area contributed by atoms with Gasteiger partial charge in [-0.25, -0.2) is 4.98 Å². The number of phenolic OH excluding ortho intramolecular Hbond substituents is 1. The Hall–Kier alpha value is -2.86. The summed E-state index contributed by atoms with van der Waals surface area (Å²) in [5, 5.41) is 10.4. The maximum atomic E-state index is 10.4. The summed E-state index contributed by atoms with van der Waals surface area (Å²) in [5.41, 5.74) is 2.79. The Bertz CT molecular complexity index is 876. The molecular weight excluding hydrogens is 328 g/mol. The summed E-state index contributed by atoms with van der Waals surface area (Å²) in [7, 11) is 3.54. The Labute approximate surface area is 153 Å². The number of para-hydroxylation sites is 1. The summed E-state index contributed by atoms with van der Waals surface area (Å²) in [6.45, 7) is 3.85. The minimum atomic E-state index is 0.178. The lowest BCUT2D eigenvalue weighted by Gasteiger charge is -2.23. The average molecular weight is 352 g/mol. The molecule has 0 fully saturated rings. The van der Waals surface area contributed by atoms with Gasteiger partial charge in [0.2, 0.25) is 0 Å². The first-order valence-corrected chi connectivity index (χ1v) is 8.52. The number of aromatic nitrogens is 3. The molecule has 0 aliphatic carbocycles. The van der Waals surface area contributed by atoms with Crippen molar-refractivity contribution in [3.05, 3.63) is 71.6 Å². The van der Waals surface area contributed by atoms with Crippen molar-refractivity contribution in [2.24, 2.45) is 7.05 Å². The molecule has 0 aliphatic rings. The van der Waals surface area contributed by atoms with Gasteiger partial charge in [0.1, 0.15) is 5.82 Å². The molecule has 6 heteroatoms. The van der Waals surface area contributed by atoms with Crippen molar-refractivity contribution in [1.82, 2.24) is 19.4 Å². The van der Waals surface area contributed by atoms with Crippen molar-refractivity contribution in [3.8, 4) is 11.5 Å². The molecule has 0 unspecified atom stereocenters. The fourth-order valence-corrected chi connectivity index (χ4v) is 2.93. The van der Waals surface area contributed by atoms with E-state index in [0.29, 0.717) is 25.4 Å². The number of nitrogens with zero attached hydrogens (tertiary/aromatic N) is 4. The van der Waals surface area contributed by atoms with Gasteiger partial charge in [0.05, 0.1) is 19.3 Å². The van der Waals surface area contributed by atoms with Gasteiger partial charge in [-0.3, -0.25) is 9.88 Å². The number of hydrogen-bond acceptors (Lipinski definition) is 5. The van der Waals surface area contributed by atoms with Crippen molar-refractivity contribution in [2.75, 3.05) is 7.11 Å². The number of benzene rings is 1. The lowest BCUT2D eigenvalue weighted by atomic mass is 10.1. The molecule has 1 aromatic carbocycles. The van der Waals surface area contributed by atoms with Crippen LogP contribution in [-0.4, -0.2) is 31.7 Å². The first-order valence-electron chi connectivity index (χ1n) is 8.52. The second-order valence-corrected chi connectivity index (χ2v) is 6.34. The fourth-order valence-electron chi connectivity index (χ4n) is 2.93. The van der Waals surface area contributed by atoms with Crippen LogP contribution in [0.3, 0.4) is 0 Å². The predicted molar refractivity (Wildman–Crippen MR) is 99.8 cm³/mol. The number of ether oxygens (including phenoxy) is 1. The summed E-state index contributed by atoms with van der Waals surface area (Å²) in [4.78, 5) is 11.2. The van der Waals surface area contributed by atoms with E-state index in [2.05, 4.69) is 14.9 Å². The minimum absolute atomic E-state index is 0.178. The monoisotopic (exact) mass is 352 g/mol. The van der Waals surface area contributed by atoms with E-state index in [4.69, 9.17) is 4.74 Å². The molecule has 3 rings (SSSR count). The molecule has 0 aliphatic heterocycles. The van der Waals surface area contributed by atoms with Crippen LogP contribution in [0.1, 0.15) is 22.8 Å². The van der Waals surface area contributed by atoms with Crippen molar-refractivity contribution in [1.29, 1.82) is 0 Å². The molecule has 0 spiro atoms. The third-order valence-electron chi connectivity index (χ3n) is 4.31. The van der Waals surface area contributed by atoms with Crippen LogP contribution in [0.25, 0.3) is 0 Å². The molecule has 2 aromatic heterocycles. The molecule has 0 saturated carbocycles. The van der Waals surface area contributed by atoms with E-state index in [-0.39, 0.29) is 5.75 Å². The Balaban J connectivity index is 1.86. The van der Waals surface area contributed by atoms with Crippen LogP contribution in [0.4, 0.5) is 0 Å². The summed E-state index contributed by atoms with van der Waals surface area (Å²) < 4.78 is 7.23. The minimum Gasteiger partial charge on any atom is -0.504 e. The van der Waals surface area contributed by atoms with Gasteiger partial charge in [0, 0.05) is 43.8 Å². The van der Waals surface area contributed by atoms with Gasteiger partial charge in [-0.05, 0) is 25.1 Å². The van der Waals surface area contributed by atoms with Gasteiger partial charge >= 0.3 is 0 Å². The van der Waals surface area contributed by atoms with Gasteiger partial charge in [-0.15, -0.1) is 0 Å². The maximum absolute atomic E-state index is 10.4. The van der Waals surface area contributed by atoms with E-state index in [0.717, 1.165) is 22.8 Å². The van der Waals surface area contributed by atoms with Gasteiger partial charge < -0.3 is 14.4 Å². The number of phenols is 1. The number of rotatable bonds is 7. The zero-order valence-electron chi connectivity index (χ0n) is 15.4. The van der Waals surface area contributed by atoms with Crippen LogP contribution in [0.15, 0.2) is 48.8 Å². The Morgan fingerprint density at radius 1 is 1.12 bits per heavy atom. The van der Waals surface area contributed by atoms with Gasteiger partial charge in [-0.2, -0.15) is 0 Å². The van der Waals surface area contributed by atoms with Crippen LogP contribution in [-0.2, 0) is 26.7 Å². The van der Waals surface area contributed by atoms with Gasteiger partial charge in [-0.1, -0.05) is 18.2 Å². The Morgan fingerprint density at radius 3 is 2.62 bits per heavy atom.